The number of aromatic nitrogens is 2. The van der Waals surface area contributed by atoms with Crippen LogP contribution in [0.15, 0.2) is 48.5 Å². The number of thioether (sulfide) groups is 1. The van der Waals surface area contributed by atoms with Crippen molar-refractivity contribution in [1.29, 1.82) is 0 Å². The van der Waals surface area contributed by atoms with Crippen molar-refractivity contribution in [3.05, 3.63) is 75.4 Å². The van der Waals surface area contributed by atoms with E-state index in [9.17, 15) is 4.79 Å². The molecule has 0 saturated heterocycles. The molecule has 0 saturated carbocycles. The van der Waals surface area contributed by atoms with Gasteiger partial charge in [0.2, 0.25) is 5.91 Å². The maximum atomic E-state index is 12.6. The summed E-state index contributed by atoms with van der Waals surface area (Å²) >= 11 is 14.1. The van der Waals surface area contributed by atoms with E-state index in [1.165, 1.54) is 0 Å². The van der Waals surface area contributed by atoms with Gasteiger partial charge in [-0.2, -0.15) is 16.9 Å². The van der Waals surface area contributed by atoms with Crippen molar-refractivity contribution in [2.45, 2.75) is 17.9 Å². The highest BCUT2D eigenvalue weighted by Gasteiger charge is 2.25. The molecule has 132 valence electrons. The number of fused-ring (bicyclic) bond motifs is 1. The number of carbonyl (C=O) groups excluding carboxylic acids is 1. The van der Waals surface area contributed by atoms with Crippen LogP contribution in [0.1, 0.15) is 16.8 Å². The quantitative estimate of drug-likeness (QED) is 0.658. The summed E-state index contributed by atoms with van der Waals surface area (Å²) < 4.78 is 1.76. The number of rotatable bonds is 4. The van der Waals surface area contributed by atoms with E-state index in [0.717, 1.165) is 34.0 Å². The first-order valence-corrected chi connectivity index (χ1v) is 10.0. The summed E-state index contributed by atoms with van der Waals surface area (Å²) in [6.07, 6.45) is 0.211. The maximum Gasteiger partial charge on any atom is 0.230 e. The molecule has 1 aliphatic rings. The highest BCUT2D eigenvalue weighted by molar-refractivity contribution is 7.98. The van der Waals surface area contributed by atoms with Gasteiger partial charge in [0.05, 0.1) is 17.8 Å². The number of nitrogens with one attached hydrogen (secondary N) is 1. The van der Waals surface area contributed by atoms with Crippen LogP contribution in [0.2, 0.25) is 10.0 Å². The zero-order valence-electron chi connectivity index (χ0n) is 13.7. The third-order valence-corrected chi connectivity index (χ3v) is 5.75. The molecule has 1 aromatic heterocycles. The molecule has 0 atom stereocenters. The van der Waals surface area contributed by atoms with Crippen LogP contribution in [0.25, 0.3) is 5.69 Å². The molecule has 3 aromatic rings. The van der Waals surface area contributed by atoms with Crippen LogP contribution in [0, 0.1) is 0 Å². The molecule has 0 aliphatic carbocycles. The summed E-state index contributed by atoms with van der Waals surface area (Å²) in [6.45, 7) is 0. The number of amides is 1. The molecule has 4 rings (SSSR count). The van der Waals surface area contributed by atoms with Crippen LogP contribution >= 0.6 is 35.0 Å². The Labute approximate surface area is 165 Å². The van der Waals surface area contributed by atoms with Gasteiger partial charge in [-0.25, -0.2) is 4.68 Å². The number of hydrogen-bond donors (Lipinski definition) is 1. The van der Waals surface area contributed by atoms with Gasteiger partial charge in [-0.15, -0.1) is 0 Å². The largest absolute Gasteiger partial charge is 0.310 e. The van der Waals surface area contributed by atoms with E-state index < -0.39 is 0 Å². The van der Waals surface area contributed by atoms with Gasteiger partial charge in [0.1, 0.15) is 5.82 Å². The Hall–Kier alpha value is -1.95. The number of benzene rings is 2. The predicted octanol–water partition coefficient (Wildman–Crippen LogP) is 5.11. The third kappa shape index (κ3) is 3.47. The minimum Gasteiger partial charge on any atom is -0.310 e. The van der Waals surface area contributed by atoms with Crippen molar-refractivity contribution >= 4 is 46.7 Å². The fraction of sp³-hybridized carbons (Fsp3) is 0.158. The van der Waals surface area contributed by atoms with Crippen molar-refractivity contribution in [3.8, 4) is 5.69 Å². The Morgan fingerprint density at radius 3 is 2.81 bits per heavy atom. The topological polar surface area (TPSA) is 46.9 Å². The molecule has 2 heterocycles. The van der Waals surface area contributed by atoms with E-state index in [1.54, 1.807) is 22.5 Å². The molecule has 7 heteroatoms. The number of carbonyl (C=O) groups is 1. The molecule has 0 spiro atoms. The van der Waals surface area contributed by atoms with E-state index in [2.05, 4.69) is 10.4 Å². The summed E-state index contributed by atoms with van der Waals surface area (Å²) in [5, 5.41) is 8.92. The van der Waals surface area contributed by atoms with E-state index in [1.807, 2.05) is 42.5 Å². The van der Waals surface area contributed by atoms with E-state index in [0.29, 0.717) is 15.9 Å². The molecule has 0 radical (unpaired) electrons. The second-order valence-electron chi connectivity index (χ2n) is 5.97. The minimum atomic E-state index is -0.124. The molecule has 1 aliphatic heterocycles. The van der Waals surface area contributed by atoms with Crippen molar-refractivity contribution in [2.24, 2.45) is 0 Å². The van der Waals surface area contributed by atoms with E-state index >= 15 is 0 Å². The van der Waals surface area contributed by atoms with Crippen LogP contribution in [0.5, 0.6) is 0 Å². The average molecular weight is 404 g/mol. The first kappa shape index (κ1) is 17.5. The number of halogens is 2. The van der Waals surface area contributed by atoms with Gasteiger partial charge in [0.25, 0.3) is 0 Å². The highest BCUT2D eigenvalue weighted by Crippen LogP contribution is 2.36. The molecule has 0 fully saturated rings. The maximum absolute atomic E-state index is 12.6. The smallest absolute Gasteiger partial charge is 0.230 e. The zero-order valence-corrected chi connectivity index (χ0v) is 16.0. The van der Waals surface area contributed by atoms with Gasteiger partial charge >= 0.3 is 0 Å². The predicted molar refractivity (Wildman–Crippen MR) is 107 cm³/mol. The Bertz CT molecular complexity index is 987. The monoisotopic (exact) mass is 403 g/mol. The van der Waals surface area contributed by atoms with Crippen LogP contribution < -0.4 is 5.32 Å². The number of anilines is 1. The Morgan fingerprint density at radius 1 is 1.15 bits per heavy atom. The second-order valence-corrected chi connectivity index (χ2v) is 7.80. The van der Waals surface area contributed by atoms with Gasteiger partial charge < -0.3 is 5.32 Å². The van der Waals surface area contributed by atoms with Crippen molar-refractivity contribution in [3.63, 3.8) is 0 Å². The third-order valence-electron chi connectivity index (χ3n) is 4.17. The zero-order chi connectivity index (χ0) is 18.1. The van der Waals surface area contributed by atoms with Crippen molar-refractivity contribution < 1.29 is 4.79 Å². The summed E-state index contributed by atoms with van der Waals surface area (Å²) in [5.41, 5.74) is 3.70. The van der Waals surface area contributed by atoms with Crippen molar-refractivity contribution in [2.75, 3.05) is 5.32 Å². The standard InChI is InChI=1S/C19H15Cl2N3OS/c20-13-5-3-6-14(9-13)24-19(15-10-26-11-17(15)23-24)22-18(25)8-12-4-1-2-7-16(12)21/h1-7,9H,8,10-11H2,(H,22,25). The minimum absolute atomic E-state index is 0.124. The lowest BCUT2D eigenvalue weighted by Crippen LogP contribution is -2.18. The van der Waals surface area contributed by atoms with Gasteiger partial charge in [0.15, 0.2) is 0 Å². The van der Waals surface area contributed by atoms with Crippen LogP contribution in [-0.2, 0) is 22.7 Å². The summed E-state index contributed by atoms with van der Waals surface area (Å²) in [7, 11) is 0. The Balaban J connectivity index is 1.65. The molecular weight excluding hydrogens is 389 g/mol. The van der Waals surface area contributed by atoms with E-state index in [-0.39, 0.29) is 12.3 Å². The SMILES string of the molecule is O=C(Cc1ccccc1Cl)Nc1c2c(nn1-c1cccc(Cl)c1)CSC2. The molecule has 0 unspecified atom stereocenters. The summed E-state index contributed by atoms with van der Waals surface area (Å²) in [6, 6.07) is 14.8. The number of nitrogens with zero attached hydrogens (tertiary/aromatic N) is 2. The van der Waals surface area contributed by atoms with Crippen LogP contribution in [0.3, 0.4) is 0 Å². The molecule has 0 bridgehead atoms. The van der Waals surface area contributed by atoms with Gasteiger partial charge in [-0.3, -0.25) is 4.79 Å². The Morgan fingerprint density at radius 2 is 2.00 bits per heavy atom. The van der Waals surface area contributed by atoms with Crippen LogP contribution in [-0.4, -0.2) is 15.7 Å². The second kappa shape index (κ2) is 7.35. The fourth-order valence-electron chi connectivity index (χ4n) is 2.93. The van der Waals surface area contributed by atoms with Gasteiger partial charge in [0, 0.05) is 27.1 Å². The fourth-order valence-corrected chi connectivity index (χ4v) is 4.35. The lowest BCUT2D eigenvalue weighted by atomic mass is 10.1. The van der Waals surface area contributed by atoms with Gasteiger partial charge in [-0.1, -0.05) is 47.5 Å². The van der Waals surface area contributed by atoms with Gasteiger partial charge in [-0.05, 0) is 29.8 Å². The molecule has 4 nitrogen and oxygen atoms in total. The van der Waals surface area contributed by atoms with Crippen LogP contribution in [0.4, 0.5) is 5.82 Å². The summed E-state index contributed by atoms with van der Waals surface area (Å²) in [5.74, 6) is 2.26. The molecule has 1 N–H and O–H groups in total. The first-order valence-electron chi connectivity index (χ1n) is 8.09. The molecule has 1 amide bonds. The molecule has 2 aromatic carbocycles. The summed E-state index contributed by atoms with van der Waals surface area (Å²) in [4.78, 5) is 12.6. The lowest BCUT2D eigenvalue weighted by molar-refractivity contribution is -0.115. The lowest BCUT2D eigenvalue weighted by Gasteiger charge is -2.12. The highest BCUT2D eigenvalue weighted by atomic mass is 35.5. The molecular formula is C19H15Cl2N3OS. The van der Waals surface area contributed by atoms with E-state index in [4.69, 9.17) is 23.2 Å². The number of hydrogen-bond acceptors (Lipinski definition) is 3. The first-order chi connectivity index (χ1) is 12.6. The normalized spacial score (nSPS) is 12.8. The van der Waals surface area contributed by atoms with Crippen molar-refractivity contribution in [1.82, 2.24) is 9.78 Å². The average Bonchev–Trinajstić information content (AvgIpc) is 3.20. The Kier molecular flexibility index (Phi) is 4.94. The molecule has 26 heavy (non-hydrogen) atoms.